The van der Waals surface area contributed by atoms with Crippen LogP contribution in [0.15, 0.2) is 23.0 Å². The number of pyridine rings is 1. The lowest BCUT2D eigenvalue weighted by Gasteiger charge is -2.09. The van der Waals surface area contributed by atoms with E-state index in [4.69, 9.17) is 9.47 Å². The predicted molar refractivity (Wildman–Crippen MR) is 64.4 cm³/mol. The summed E-state index contributed by atoms with van der Waals surface area (Å²) in [5, 5.41) is 0.944. The molecule has 4 nitrogen and oxygen atoms in total. The van der Waals surface area contributed by atoms with Crippen LogP contribution in [0.25, 0.3) is 10.9 Å². The number of ether oxygens (including phenoxy) is 2. The van der Waals surface area contributed by atoms with Gasteiger partial charge in [0.2, 0.25) is 11.8 Å². The summed E-state index contributed by atoms with van der Waals surface area (Å²) in [7, 11) is 1.63. The minimum Gasteiger partial charge on any atom is -0.464 e. The first kappa shape index (κ1) is 10.4. The lowest BCUT2D eigenvalue weighted by molar-refractivity contribution is -0.0360. The number of fused-ring (bicyclic) bond motifs is 3. The number of aromatic amines is 1. The van der Waals surface area contributed by atoms with Gasteiger partial charge in [-0.1, -0.05) is 6.07 Å². The van der Waals surface area contributed by atoms with Crippen LogP contribution in [-0.2, 0) is 11.2 Å². The maximum atomic E-state index is 11.3. The zero-order valence-corrected chi connectivity index (χ0v) is 9.74. The Kier molecular flexibility index (Phi) is 2.19. The van der Waals surface area contributed by atoms with Crippen LogP contribution in [-0.4, -0.2) is 18.4 Å². The Labute approximate surface area is 98.2 Å². The fourth-order valence-electron chi connectivity index (χ4n) is 2.32. The number of rotatable bonds is 1. The SMILES string of the molecule is COC1Cc2cc(C)c3[nH]c(=O)ccc3c2O1. The number of hydrogen-bond acceptors (Lipinski definition) is 3. The van der Waals surface area contributed by atoms with E-state index in [9.17, 15) is 4.79 Å². The minimum absolute atomic E-state index is 0.0955. The molecule has 0 spiro atoms. The number of H-pyrrole nitrogens is 1. The van der Waals surface area contributed by atoms with Gasteiger partial charge in [0.25, 0.3) is 0 Å². The van der Waals surface area contributed by atoms with Crippen LogP contribution in [0, 0.1) is 6.92 Å². The molecule has 3 rings (SSSR count). The second-order valence-electron chi connectivity index (χ2n) is 4.28. The molecule has 88 valence electrons. The lowest BCUT2D eigenvalue weighted by Crippen LogP contribution is -2.14. The van der Waals surface area contributed by atoms with Crippen molar-refractivity contribution in [1.29, 1.82) is 0 Å². The lowest BCUT2D eigenvalue weighted by atomic mass is 10.0. The first-order valence-corrected chi connectivity index (χ1v) is 5.54. The first-order chi connectivity index (χ1) is 8.19. The zero-order chi connectivity index (χ0) is 12.0. The van der Waals surface area contributed by atoms with E-state index in [0.717, 1.165) is 34.2 Å². The quantitative estimate of drug-likeness (QED) is 0.813. The van der Waals surface area contributed by atoms with E-state index < -0.39 is 0 Å². The number of aryl methyl sites for hydroxylation is 1. The number of methoxy groups -OCH3 is 1. The molecule has 17 heavy (non-hydrogen) atoms. The molecule has 1 unspecified atom stereocenters. The highest BCUT2D eigenvalue weighted by molar-refractivity contribution is 5.89. The van der Waals surface area contributed by atoms with Crippen molar-refractivity contribution in [2.75, 3.05) is 7.11 Å². The average molecular weight is 231 g/mol. The standard InChI is InChI=1S/C13H13NO3/c1-7-5-8-6-11(16-2)17-13(8)9-3-4-10(15)14-12(7)9/h3-5,11H,6H2,1-2H3,(H,14,15). The molecule has 0 bridgehead atoms. The van der Waals surface area contributed by atoms with Gasteiger partial charge >= 0.3 is 0 Å². The molecular weight excluding hydrogens is 218 g/mol. The van der Waals surface area contributed by atoms with Gasteiger partial charge in [0.1, 0.15) is 5.75 Å². The maximum Gasteiger partial charge on any atom is 0.248 e. The van der Waals surface area contributed by atoms with Gasteiger partial charge < -0.3 is 14.5 Å². The largest absolute Gasteiger partial charge is 0.464 e. The summed E-state index contributed by atoms with van der Waals surface area (Å²) in [5.41, 5.74) is 2.93. The Balaban J connectivity index is 2.30. The van der Waals surface area contributed by atoms with Crippen molar-refractivity contribution in [3.63, 3.8) is 0 Å². The second-order valence-corrected chi connectivity index (χ2v) is 4.28. The van der Waals surface area contributed by atoms with E-state index in [1.165, 1.54) is 6.07 Å². The molecule has 0 fully saturated rings. The molecule has 1 N–H and O–H groups in total. The van der Waals surface area contributed by atoms with E-state index in [0.29, 0.717) is 0 Å². The van der Waals surface area contributed by atoms with Crippen LogP contribution < -0.4 is 10.3 Å². The highest BCUT2D eigenvalue weighted by Crippen LogP contribution is 2.37. The molecule has 0 radical (unpaired) electrons. The molecule has 1 aromatic heterocycles. The molecule has 1 atom stereocenters. The number of aromatic nitrogens is 1. The van der Waals surface area contributed by atoms with E-state index in [1.807, 2.05) is 13.0 Å². The number of benzene rings is 1. The summed E-state index contributed by atoms with van der Waals surface area (Å²) in [5.74, 6) is 0.828. The van der Waals surface area contributed by atoms with Crippen LogP contribution >= 0.6 is 0 Å². The summed E-state index contributed by atoms with van der Waals surface area (Å²) < 4.78 is 10.9. The third kappa shape index (κ3) is 1.52. The monoisotopic (exact) mass is 231 g/mol. The fourth-order valence-corrected chi connectivity index (χ4v) is 2.32. The van der Waals surface area contributed by atoms with Crippen molar-refractivity contribution >= 4 is 10.9 Å². The van der Waals surface area contributed by atoms with E-state index >= 15 is 0 Å². The fraction of sp³-hybridized carbons (Fsp3) is 0.308. The molecule has 0 saturated carbocycles. The Bertz CT molecular complexity index is 645. The Morgan fingerprint density at radius 2 is 2.29 bits per heavy atom. The van der Waals surface area contributed by atoms with Crippen LogP contribution in [0.4, 0.5) is 0 Å². The van der Waals surface area contributed by atoms with Crippen LogP contribution in [0.5, 0.6) is 5.75 Å². The topological polar surface area (TPSA) is 51.3 Å². The predicted octanol–water partition coefficient (Wildman–Crippen LogP) is 1.74. The number of hydrogen-bond donors (Lipinski definition) is 1. The summed E-state index contributed by atoms with van der Waals surface area (Å²) in [6.07, 6.45) is 0.531. The third-order valence-corrected chi connectivity index (χ3v) is 3.14. The normalized spacial score (nSPS) is 18.1. The maximum absolute atomic E-state index is 11.3. The van der Waals surface area contributed by atoms with Gasteiger partial charge in [-0.05, 0) is 18.6 Å². The Hall–Kier alpha value is -1.81. The molecule has 1 aliphatic heterocycles. The molecule has 1 aromatic carbocycles. The van der Waals surface area contributed by atoms with Gasteiger partial charge in [-0.3, -0.25) is 4.79 Å². The molecular formula is C13H13NO3. The molecule has 2 aromatic rings. The minimum atomic E-state index is -0.220. The molecule has 4 heteroatoms. The van der Waals surface area contributed by atoms with E-state index in [-0.39, 0.29) is 11.8 Å². The van der Waals surface area contributed by atoms with Crippen molar-refractivity contribution in [1.82, 2.24) is 4.98 Å². The summed E-state index contributed by atoms with van der Waals surface area (Å²) in [4.78, 5) is 14.2. The summed E-state index contributed by atoms with van der Waals surface area (Å²) >= 11 is 0. The van der Waals surface area contributed by atoms with Crippen molar-refractivity contribution in [2.45, 2.75) is 19.6 Å². The van der Waals surface area contributed by atoms with Gasteiger partial charge in [0.15, 0.2) is 0 Å². The molecule has 0 saturated heterocycles. The van der Waals surface area contributed by atoms with Gasteiger partial charge in [0.05, 0.1) is 5.52 Å². The highest BCUT2D eigenvalue weighted by Gasteiger charge is 2.25. The number of nitrogens with one attached hydrogen (secondary N) is 1. The van der Waals surface area contributed by atoms with Crippen molar-refractivity contribution in [3.8, 4) is 5.75 Å². The average Bonchev–Trinajstić information content (AvgIpc) is 2.72. The molecule has 1 aliphatic rings. The Morgan fingerprint density at radius 3 is 3.06 bits per heavy atom. The van der Waals surface area contributed by atoms with Gasteiger partial charge in [-0.15, -0.1) is 0 Å². The smallest absolute Gasteiger partial charge is 0.248 e. The van der Waals surface area contributed by atoms with Crippen LogP contribution in [0.3, 0.4) is 0 Å². The molecule has 2 heterocycles. The van der Waals surface area contributed by atoms with Crippen LogP contribution in [0.2, 0.25) is 0 Å². The van der Waals surface area contributed by atoms with Crippen molar-refractivity contribution in [3.05, 3.63) is 39.7 Å². The second kappa shape index (κ2) is 3.60. The van der Waals surface area contributed by atoms with E-state index in [2.05, 4.69) is 4.98 Å². The van der Waals surface area contributed by atoms with E-state index in [1.54, 1.807) is 13.2 Å². The summed E-state index contributed by atoms with van der Waals surface area (Å²) in [6.45, 7) is 1.98. The molecule has 0 aliphatic carbocycles. The zero-order valence-electron chi connectivity index (χ0n) is 9.74. The van der Waals surface area contributed by atoms with Gasteiger partial charge in [-0.2, -0.15) is 0 Å². The first-order valence-electron chi connectivity index (χ1n) is 5.54. The van der Waals surface area contributed by atoms with Crippen molar-refractivity contribution in [2.24, 2.45) is 0 Å². The third-order valence-electron chi connectivity index (χ3n) is 3.14. The van der Waals surface area contributed by atoms with Crippen molar-refractivity contribution < 1.29 is 9.47 Å². The van der Waals surface area contributed by atoms with Gasteiger partial charge in [-0.25, -0.2) is 0 Å². The Morgan fingerprint density at radius 1 is 1.47 bits per heavy atom. The highest BCUT2D eigenvalue weighted by atomic mass is 16.7. The molecule has 0 amide bonds. The summed E-state index contributed by atoms with van der Waals surface area (Å²) in [6, 6.07) is 5.37. The van der Waals surface area contributed by atoms with Crippen LogP contribution in [0.1, 0.15) is 11.1 Å². The van der Waals surface area contributed by atoms with Gasteiger partial charge in [0, 0.05) is 30.5 Å².